The zero-order valence-electron chi connectivity index (χ0n) is 12.6. The Morgan fingerprint density at radius 3 is 2.42 bits per heavy atom. The Morgan fingerprint density at radius 1 is 0.958 bits per heavy atom. The number of nitrogens with zero attached hydrogens (tertiary/aromatic N) is 2. The lowest BCUT2D eigenvalue weighted by atomic mass is 10.0. The second-order valence-electron chi connectivity index (χ2n) is 5.01. The molecule has 0 fully saturated rings. The third-order valence-corrected chi connectivity index (χ3v) is 3.78. The van der Waals surface area contributed by atoms with Crippen LogP contribution in [0.15, 0.2) is 67.1 Å². The maximum atomic E-state index is 12.8. The van der Waals surface area contributed by atoms with E-state index in [2.05, 4.69) is 9.97 Å². The van der Waals surface area contributed by atoms with E-state index in [0.717, 1.165) is 0 Å². The summed E-state index contributed by atoms with van der Waals surface area (Å²) in [6.07, 6.45) is 6.18. The fraction of sp³-hybridized carbons (Fsp3) is 0. The van der Waals surface area contributed by atoms with Crippen LogP contribution in [0.4, 0.5) is 0 Å². The van der Waals surface area contributed by atoms with E-state index in [4.69, 9.17) is 11.6 Å². The number of halogens is 1. The fourth-order valence-electron chi connectivity index (χ4n) is 2.25. The monoisotopic (exact) mass is 336 g/mol. The topological polar surface area (TPSA) is 63.1 Å². The summed E-state index contributed by atoms with van der Waals surface area (Å²) in [6.45, 7) is 0. The Bertz CT molecular complexity index is 908. The van der Waals surface area contributed by atoms with Crippen LogP contribution in [0.3, 0.4) is 0 Å². The number of pyridine rings is 2. The highest BCUT2D eigenvalue weighted by molar-refractivity contribution is 6.35. The number of aliphatic hydroxyl groups excluding tert-OH is 1. The van der Waals surface area contributed by atoms with Gasteiger partial charge in [0.15, 0.2) is 5.78 Å². The third-order valence-electron chi connectivity index (χ3n) is 3.45. The van der Waals surface area contributed by atoms with E-state index in [9.17, 15) is 9.90 Å². The molecule has 118 valence electrons. The van der Waals surface area contributed by atoms with Crippen LogP contribution < -0.4 is 0 Å². The molecular weight excluding hydrogens is 324 g/mol. The van der Waals surface area contributed by atoms with E-state index < -0.39 is 0 Å². The Kier molecular flexibility index (Phi) is 4.68. The average Bonchev–Trinajstić information content (AvgIpc) is 2.63. The van der Waals surface area contributed by atoms with E-state index in [1.807, 2.05) is 0 Å². The number of ketones is 1. The number of rotatable bonds is 4. The summed E-state index contributed by atoms with van der Waals surface area (Å²) in [5.41, 5.74) is 1.72. The molecule has 0 spiro atoms. The quantitative estimate of drug-likeness (QED) is 0.566. The van der Waals surface area contributed by atoms with Crippen LogP contribution in [0.5, 0.6) is 0 Å². The van der Waals surface area contributed by atoms with Gasteiger partial charge in [0.2, 0.25) is 0 Å². The van der Waals surface area contributed by atoms with E-state index >= 15 is 0 Å². The first-order valence-corrected chi connectivity index (χ1v) is 7.60. The van der Waals surface area contributed by atoms with E-state index in [1.165, 1.54) is 6.08 Å². The number of hydrogen-bond donors (Lipinski definition) is 1. The molecular formula is C19H13ClN2O2. The normalized spacial score (nSPS) is 11.3. The Morgan fingerprint density at radius 2 is 1.67 bits per heavy atom. The largest absolute Gasteiger partial charge is 0.507 e. The molecule has 0 saturated heterocycles. The maximum Gasteiger partial charge on any atom is 0.196 e. The SMILES string of the molecule is O=C(c1ccccc1Cl)c1cccnc1/C=C(\O)c1ccncc1. The molecule has 0 aliphatic carbocycles. The van der Waals surface area contributed by atoms with Gasteiger partial charge in [-0.1, -0.05) is 23.7 Å². The summed E-state index contributed by atoms with van der Waals surface area (Å²) in [5, 5.41) is 10.6. The second kappa shape index (κ2) is 7.06. The minimum Gasteiger partial charge on any atom is -0.507 e. The van der Waals surface area contributed by atoms with Crippen molar-refractivity contribution in [3.05, 3.63) is 94.5 Å². The van der Waals surface area contributed by atoms with Crippen molar-refractivity contribution in [3.8, 4) is 0 Å². The van der Waals surface area contributed by atoms with E-state index in [0.29, 0.717) is 27.4 Å². The van der Waals surface area contributed by atoms with Gasteiger partial charge in [-0.3, -0.25) is 14.8 Å². The molecule has 3 rings (SSSR count). The van der Waals surface area contributed by atoms with Gasteiger partial charge in [-0.15, -0.1) is 0 Å². The molecule has 0 radical (unpaired) electrons. The summed E-state index contributed by atoms with van der Waals surface area (Å²) in [7, 11) is 0. The Balaban J connectivity index is 2.03. The van der Waals surface area contributed by atoms with Crippen molar-refractivity contribution < 1.29 is 9.90 Å². The van der Waals surface area contributed by atoms with Gasteiger partial charge in [-0.05, 0) is 36.4 Å². The molecule has 0 saturated carbocycles. The first kappa shape index (κ1) is 15.9. The molecule has 1 N–H and O–H groups in total. The predicted octanol–water partition coefficient (Wildman–Crippen LogP) is 4.42. The number of hydrogen-bond acceptors (Lipinski definition) is 4. The molecule has 0 amide bonds. The lowest BCUT2D eigenvalue weighted by molar-refractivity contribution is 0.103. The summed E-state index contributed by atoms with van der Waals surface area (Å²) < 4.78 is 0. The summed E-state index contributed by atoms with van der Waals surface area (Å²) in [6, 6.07) is 13.5. The standard InChI is InChI=1S/C19H13ClN2O2/c20-16-6-2-1-4-14(16)19(24)15-5-3-9-22-17(15)12-18(23)13-7-10-21-11-8-13/h1-12,23H/b18-12-. The van der Waals surface area contributed by atoms with Gasteiger partial charge in [0, 0.05) is 41.4 Å². The molecule has 0 aliphatic heterocycles. The van der Waals surface area contributed by atoms with Crippen LogP contribution >= 0.6 is 11.6 Å². The van der Waals surface area contributed by atoms with E-state index in [-0.39, 0.29) is 11.5 Å². The van der Waals surface area contributed by atoms with Crippen LogP contribution in [0.2, 0.25) is 5.02 Å². The van der Waals surface area contributed by atoms with Gasteiger partial charge < -0.3 is 5.11 Å². The van der Waals surface area contributed by atoms with Gasteiger partial charge in [0.05, 0.1) is 10.7 Å². The van der Waals surface area contributed by atoms with Crippen LogP contribution in [-0.4, -0.2) is 20.9 Å². The molecule has 24 heavy (non-hydrogen) atoms. The van der Waals surface area contributed by atoms with Gasteiger partial charge in [-0.25, -0.2) is 0 Å². The van der Waals surface area contributed by atoms with Crippen molar-refractivity contribution in [1.82, 2.24) is 9.97 Å². The lowest BCUT2D eigenvalue weighted by Crippen LogP contribution is -2.05. The van der Waals surface area contributed by atoms with Crippen molar-refractivity contribution in [2.75, 3.05) is 0 Å². The summed E-state index contributed by atoms with van der Waals surface area (Å²) in [4.78, 5) is 20.9. The Hall–Kier alpha value is -2.98. The molecule has 2 aromatic heterocycles. The van der Waals surface area contributed by atoms with Crippen molar-refractivity contribution in [2.24, 2.45) is 0 Å². The average molecular weight is 337 g/mol. The summed E-state index contributed by atoms with van der Waals surface area (Å²) in [5.74, 6) is -0.244. The second-order valence-corrected chi connectivity index (χ2v) is 5.42. The third kappa shape index (κ3) is 3.34. The Labute approximate surface area is 144 Å². The highest BCUT2D eigenvalue weighted by Crippen LogP contribution is 2.22. The summed E-state index contributed by atoms with van der Waals surface area (Å²) >= 11 is 6.11. The zero-order chi connectivity index (χ0) is 16.9. The van der Waals surface area contributed by atoms with Gasteiger partial charge in [0.25, 0.3) is 0 Å². The van der Waals surface area contributed by atoms with Crippen LogP contribution in [-0.2, 0) is 0 Å². The molecule has 4 nitrogen and oxygen atoms in total. The van der Waals surface area contributed by atoms with Gasteiger partial charge >= 0.3 is 0 Å². The molecule has 0 bridgehead atoms. The number of benzene rings is 1. The molecule has 0 atom stereocenters. The predicted molar refractivity (Wildman–Crippen MR) is 93.9 cm³/mol. The molecule has 2 heterocycles. The van der Waals surface area contributed by atoms with E-state index in [1.54, 1.807) is 67.1 Å². The number of carbonyl (C=O) groups is 1. The molecule has 0 aliphatic rings. The van der Waals surface area contributed by atoms with Crippen molar-refractivity contribution in [2.45, 2.75) is 0 Å². The van der Waals surface area contributed by atoms with Crippen molar-refractivity contribution in [1.29, 1.82) is 0 Å². The molecule has 3 aromatic rings. The van der Waals surface area contributed by atoms with Gasteiger partial charge in [-0.2, -0.15) is 0 Å². The molecule has 5 heteroatoms. The number of aromatic nitrogens is 2. The smallest absolute Gasteiger partial charge is 0.196 e. The minimum absolute atomic E-state index is 0.00399. The lowest BCUT2D eigenvalue weighted by Gasteiger charge is -2.07. The zero-order valence-corrected chi connectivity index (χ0v) is 13.3. The van der Waals surface area contributed by atoms with Crippen molar-refractivity contribution in [3.63, 3.8) is 0 Å². The molecule has 1 aromatic carbocycles. The number of aliphatic hydroxyl groups is 1. The van der Waals surface area contributed by atoms with Gasteiger partial charge in [0.1, 0.15) is 5.76 Å². The van der Waals surface area contributed by atoms with Crippen LogP contribution in [0.25, 0.3) is 11.8 Å². The van der Waals surface area contributed by atoms with Crippen LogP contribution in [0.1, 0.15) is 27.2 Å². The highest BCUT2D eigenvalue weighted by Gasteiger charge is 2.16. The van der Waals surface area contributed by atoms with Crippen LogP contribution in [0, 0.1) is 0 Å². The minimum atomic E-state index is -0.248. The highest BCUT2D eigenvalue weighted by atomic mass is 35.5. The first-order valence-electron chi connectivity index (χ1n) is 7.22. The fourth-order valence-corrected chi connectivity index (χ4v) is 2.47. The first-order chi connectivity index (χ1) is 11.7. The maximum absolute atomic E-state index is 12.8. The number of carbonyl (C=O) groups excluding carboxylic acids is 1. The van der Waals surface area contributed by atoms with Crippen molar-refractivity contribution >= 4 is 29.2 Å². The molecule has 0 unspecified atom stereocenters.